The van der Waals surface area contributed by atoms with Crippen molar-refractivity contribution in [3.63, 3.8) is 0 Å². The Morgan fingerprint density at radius 1 is 1.00 bits per heavy atom. The monoisotopic (exact) mass is 389 g/mol. The molecule has 0 saturated carbocycles. The Labute approximate surface area is 150 Å². The molecular formula is C19H20BrNO3. The van der Waals surface area contributed by atoms with E-state index in [2.05, 4.69) is 42.0 Å². The second-order valence-electron chi connectivity index (χ2n) is 6.62. The van der Waals surface area contributed by atoms with Gasteiger partial charge in [0.2, 0.25) is 0 Å². The first-order valence-corrected chi connectivity index (χ1v) is 8.37. The molecule has 1 atom stereocenters. The Morgan fingerprint density at radius 3 is 2.00 bits per heavy atom. The fraction of sp³-hybridized carbons (Fsp3) is 0.263. The maximum atomic E-state index is 12.4. The van der Waals surface area contributed by atoms with Crippen molar-refractivity contribution in [2.75, 3.05) is 0 Å². The molecule has 0 radical (unpaired) electrons. The van der Waals surface area contributed by atoms with Crippen molar-refractivity contribution >= 4 is 27.8 Å². The largest absolute Gasteiger partial charge is 0.479 e. The zero-order valence-electron chi connectivity index (χ0n) is 13.8. The standard InChI is InChI=1S/C19H20BrNO3/c1-19(2,3)14-8-4-13(5-9-14)17(22)21-16(18(23)24)12-6-10-15(20)11-7-12/h4-11,16H,1-3H3,(H,21,22)(H,23,24). The lowest BCUT2D eigenvalue weighted by molar-refractivity contribution is -0.139. The number of hydrogen-bond acceptors (Lipinski definition) is 2. The summed E-state index contributed by atoms with van der Waals surface area (Å²) in [7, 11) is 0. The Hall–Kier alpha value is -2.14. The minimum absolute atomic E-state index is 0.00394. The van der Waals surface area contributed by atoms with Crippen LogP contribution in [-0.2, 0) is 10.2 Å². The van der Waals surface area contributed by atoms with Gasteiger partial charge in [-0.3, -0.25) is 4.79 Å². The molecule has 2 aromatic carbocycles. The van der Waals surface area contributed by atoms with Crippen LogP contribution in [0.15, 0.2) is 53.0 Å². The average molecular weight is 390 g/mol. The first kappa shape index (κ1) is 18.2. The van der Waals surface area contributed by atoms with Gasteiger partial charge in [-0.2, -0.15) is 0 Å². The fourth-order valence-electron chi connectivity index (χ4n) is 2.28. The van der Waals surface area contributed by atoms with Gasteiger partial charge in [-0.25, -0.2) is 4.79 Å². The molecule has 24 heavy (non-hydrogen) atoms. The van der Waals surface area contributed by atoms with Gasteiger partial charge in [0.1, 0.15) is 0 Å². The topological polar surface area (TPSA) is 66.4 Å². The van der Waals surface area contributed by atoms with E-state index in [1.807, 2.05) is 12.1 Å². The smallest absolute Gasteiger partial charge is 0.330 e. The van der Waals surface area contributed by atoms with Crippen LogP contribution < -0.4 is 5.32 Å². The highest BCUT2D eigenvalue weighted by atomic mass is 79.9. The van der Waals surface area contributed by atoms with Crippen LogP contribution in [0.1, 0.15) is 48.3 Å². The van der Waals surface area contributed by atoms with Gasteiger partial charge in [-0.1, -0.05) is 61.0 Å². The number of benzene rings is 2. The van der Waals surface area contributed by atoms with Crippen LogP contribution in [-0.4, -0.2) is 17.0 Å². The van der Waals surface area contributed by atoms with Crippen LogP contribution in [0.2, 0.25) is 0 Å². The quantitative estimate of drug-likeness (QED) is 0.818. The molecule has 2 aromatic rings. The zero-order chi connectivity index (χ0) is 17.9. The van der Waals surface area contributed by atoms with Gasteiger partial charge in [0.15, 0.2) is 6.04 Å². The van der Waals surface area contributed by atoms with Gasteiger partial charge < -0.3 is 10.4 Å². The molecule has 126 valence electrons. The van der Waals surface area contributed by atoms with Crippen LogP contribution in [0, 0.1) is 0 Å². The summed E-state index contributed by atoms with van der Waals surface area (Å²) >= 11 is 3.31. The number of rotatable bonds is 4. The second-order valence-corrected chi connectivity index (χ2v) is 7.54. The lowest BCUT2D eigenvalue weighted by Gasteiger charge is -2.19. The molecule has 5 heteroatoms. The van der Waals surface area contributed by atoms with Crippen molar-refractivity contribution in [1.82, 2.24) is 5.32 Å². The Balaban J connectivity index is 2.19. The summed E-state index contributed by atoms with van der Waals surface area (Å²) in [6.45, 7) is 6.28. The maximum Gasteiger partial charge on any atom is 0.330 e. The van der Waals surface area contributed by atoms with Gasteiger partial charge >= 0.3 is 5.97 Å². The Kier molecular flexibility index (Phi) is 5.44. The highest BCUT2D eigenvalue weighted by molar-refractivity contribution is 9.10. The van der Waals surface area contributed by atoms with Gasteiger partial charge in [-0.15, -0.1) is 0 Å². The molecule has 1 unspecified atom stereocenters. The summed E-state index contributed by atoms with van der Waals surface area (Å²) in [6.07, 6.45) is 0. The number of nitrogens with one attached hydrogen (secondary N) is 1. The van der Waals surface area contributed by atoms with E-state index in [1.165, 1.54) is 0 Å². The number of carbonyl (C=O) groups excluding carboxylic acids is 1. The predicted molar refractivity (Wildman–Crippen MR) is 97.1 cm³/mol. The minimum Gasteiger partial charge on any atom is -0.479 e. The van der Waals surface area contributed by atoms with Crippen LogP contribution in [0.5, 0.6) is 0 Å². The summed E-state index contributed by atoms with van der Waals surface area (Å²) in [5.41, 5.74) is 2.06. The first-order valence-electron chi connectivity index (χ1n) is 7.58. The SMILES string of the molecule is CC(C)(C)c1ccc(C(=O)NC(C(=O)O)c2ccc(Br)cc2)cc1. The molecule has 0 aliphatic rings. The van der Waals surface area contributed by atoms with Gasteiger partial charge in [0.25, 0.3) is 5.91 Å². The van der Waals surface area contributed by atoms with E-state index in [9.17, 15) is 14.7 Å². The van der Waals surface area contributed by atoms with E-state index in [0.717, 1.165) is 10.0 Å². The van der Waals surface area contributed by atoms with Crippen molar-refractivity contribution in [2.24, 2.45) is 0 Å². The molecule has 0 aromatic heterocycles. The number of carboxylic acid groups (broad SMARTS) is 1. The van der Waals surface area contributed by atoms with Crippen LogP contribution in [0.25, 0.3) is 0 Å². The molecule has 0 spiro atoms. The van der Waals surface area contributed by atoms with Crippen molar-refractivity contribution in [2.45, 2.75) is 32.2 Å². The van der Waals surface area contributed by atoms with E-state index >= 15 is 0 Å². The average Bonchev–Trinajstić information content (AvgIpc) is 2.52. The number of hydrogen-bond donors (Lipinski definition) is 2. The molecule has 4 nitrogen and oxygen atoms in total. The number of halogens is 1. The predicted octanol–water partition coefficient (Wildman–Crippen LogP) is 4.30. The normalized spacial score (nSPS) is 12.5. The number of carbonyl (C=O) groups is 2. The zero-order valence-corrected chi connectivity index (χ0v) is 15.4. The van der Waals surface area contributed by atoms with Crippen molar-refractivity contribution in [3.05, 3.63) is 69.7 Å². The summed E-state index contributed by atoms with van der Waals surface area (Å²) in [4.78, 5) is 23.9. The van der Waals surface area contributed by atoms with Crippen LogP contribution >= 0.6 is 15.9 Å². The molecule has 1 amide bonds. The summed E-state index contributed by atoms with van der Waals surface area (Å²) in [5, 5.41) is 12.0. The second kappa shape index (κ2) is 7.18. The molecular weight excluding hydrogens is 370 g/mol. The van der Waals surface area contributed by atoms with Gasteiger partial charge in [0, 0.05) is 10.0 Å². The highest BCUT2D eigenvalue weighted by Gasteiger charge is 2.23. The number of amides is 1. The van der Waals surface area contributed by atoms with E-state index in [1.54, 1.807) is 36.4 Å². The Bertz CT molecular complexity index is 731. The van der Waals surface area contributed by atoms with E-state index in [4.69, 9.17) is 0 Å². The third-order valence-electron chi connectivity index (χ3n) is 3.74. The molecule has 0 aliphatic carbocycles. The first-order chi connectivity index (χ1) is 11.2. The maximum absolute atomic E-state index is 12.4. The molecule has 0 heterocycles. The molecule has 0 saturated heterocycles. The fourth-order valence-corrected chi connectivity index (χ4v) is 2.54. The third kappa shape index (κ3) is 4.45. The molecule has 2 rings (SSSR count). The van der Waals surface area contributed by atoms with Gasteiger partial charge in [-0.05, 0) is 40.8 Å². The lowest BCUT2D eigenvalue weighted by atomic mass is 9.86. The van der Waals surface area contributed by atoms with Crippen molar-refractivity contribution < 1.29 is 14.7 Å². The van der Waals surface area contributed by atoms with Crippen molar-refractivity contribution in [1.29, 1.82) is 0 Å². The molecule has 0 bridgehead atoms. The lowest BCUT2D eigenvalue weighted by Crippen LogP contribution is -2.33. The summed E-state index contributed by atoms with van der Waals surface area (Å²) in [6, 6.07) is 13.0. The summed E-state index contributed by atoms with van der Waals surface area (Å²) < 4.78 is 0.847. The minimum atomic E-state index is -1.10. The third-order valence-corrected chi connectivity index (χ3v) is 4.27. The molecule has 0 fully saturated rings. The van der Waals surface area contributed by atoms with Crippen LogP contribution in [0.3, 0.4) is 0 Å². The van der Waals surface area contributed by atoms with Crippen LogP contribution in [0.4, 0.5) is 0 Å². The summed E-state index contributed by atoms with van der Waals surface area (Å²) in [5.74, 6) is -1.51. The van der Waals surface area contributed by atoms with E-state index in [-0.39, 0.29) is 5.41 Å². The molecule has 2 N–H and O–H groups in total. The highest BCUT2D eigenvalue weighted by Crippen LogP contribution is 2.23. The Morgan fingerprint density at radius 2 is 1.54 bits per heavy atom. The number of aliphatic carboxylic acids is 1. The number of carboxylic acids is 1. The van der Waals surface area contributed by atoms with Gasteiger partial charge in [0.05, 0.1) is 0 Å². The van der Waals surface area contributed by atoms with E-state index < -0.39 is 17.9 Å². The van der Waals surface area contributed by atoms with E-state index in [0.29, 0.717) is 11.1 Å². The van der Waals surface area contributed by atoms with Crippen molar-refractivity contribution in [3.8, 4) is 0 Å². The molecule has 0 aliphatic heterocycles.